The number of aromatic amines is 1. The molecule has 1 saturated heterocycles. The first-order chi connectivity index (χ1) is 10.8. The van der Waals surface area contributed by atoms with E-state index >= 15 is 0 Å². The third-order valence-corrected chi connectivity index (χ3v) is 5.03. The summed E-state index contributed by atoms with van der Waals surface area (Å²) in [6, 6.07) is 12.5. The van der Waals surface area contributed by atoms with Gasteiger partial charge in [0.25, 0.3) is 0 Å². The predicted molar refractivity (Wildman–Crippen MR) is 84.4 cm³/mol. The van der Waals surface area contributed by atoms with E-state index in [9.17, 15) is 4.79 Å². The minimum Gasteiger partial charge on any atom is -0.342 e. The molecule has 3 unspecified atom stereocenters. The van der Waals surface area contributed by atoms with Crippen molar-refractivity contribution in [2.75, 3.05) is 13.1 Å². The molecular weight excluding hydrogens is 274 g/mol. The summed E-state index contributed by atoms with van der Waals surface area (Å²) in [5.74, 6) is 1.39. The Kier molecular flexibility index (Phi) is 3.45. The van der Waals surface area contributed by atoms with Gasteiger partial charge < -0.3 is 4.90 Å². The van der Waals surface area contributed by atoms with Crippen molar-refractivity contribution in [1.82, 2.24) is 15.1 Å². The molecule has 1 amide bonds. The Labute approximate surface area is 130 Å². The van der Waals surface area contributed by atoms with Crippen LogP contribution in [0.5, 0.6) is 0 Å². The van der Waals surface area contributed by atoms with Crippen LogP contribution in [-0.4, -0.2) is 34.1 Å². The van der Waals surface area contributed by atoms with Crippen molar-refractivity contribution >= 4 is 5.91 Å². The highest BCUT2D eigenvalue weighted by Gasteiger charge is 2.46. The molecule has 114 valence electrons. The molecule has 1 N–H and O–H groups in total. The molecule has 1 saturated carbocycles. The van der Waals surface area contributed by atoms with E-state index in [1.807, 2.05) is 12.1 Å². The van der Waals surface area contributed by atoms with Crippen molar-refractivity contribution in [3.8, 4) is 0 Å². The maximum Gasteiger partial charge on any atom is 0.226 e. The molecule has 1 aliphatic heterocycles. The molecule has 0 spiro atoms. The zero-order valence-corrected chi connectivity index (χ0v) is 12.6. The number of nitrogens with one attached hydrogen (secondary N) is 1. The van der Waals surface area contributed by atoms with E-state index < -0.39 is 0 Å². The Morgan fingerprint density at radius 3 is 2.86 bits per heavy atom. The highest BCUT2D eigenvalue weighted by molar-refractivity contribution is 5.83. The van der Waals surface area contributed by atoms with Gasteiger partial charge in [-0.05, 0) is 36.8 Å². The Morgan fingerprint density at radius 1 is 1.23 bits per heavy atom. The summed E-state index contributed by atoms with van der Waals surface area (Å²) < 4.78 is 0. The molecule has 1 aromatic carbocycles. The van der Waals surface area contributed by atoms with Crippen LogP contribution in [0.2, 0.25) is 0 Å². The third-order valence-electron chi connectivity index (χ3n) is 5.03. The Morgan fingerprint density at radius 2 is 2.09 bits per heavy atom. The number of benzene rings is 1. The van der Waals surface area contributed by atoms with E-state index in [1.54, 1.807) is 6.20 Å². The maximum absolute atomic E-state index is 12.8. The number of nitrogens with zero attached hydrogens (tertiary/aromatic N) is 2. The van der Waals surface area contributed by atoms with E-state index in [-0.39, 0.29) is 5.92 Å². The van der Waals surface area contributed by atoms with Gasteiger partial charge in [-0.1, -0.05) is 30.3 Å². The number of likely N-dealkylation sites (tertiary alicyclic amines) is 1. The summed E-state index contributed by atoms with van der Waals surface area (Å²) >= 11 is 0. The number of hydrogen-bond acceptors (Lipinski definition) is 2. The molecule has 2 heterocycles. The molecule has 0 bridgehead atoms. The van der Waals surface area contributed by atoms with Crippen LogP contribution in [0, 0.1) is 5.92 Å². The van der Waals surface area contributed by atoms with E-state index in [1.165, 1.54) is 5.56 Å². The van der Waals surface area contributed by atoms with Crippen LogP contribution in [-0.2, 0) is 4.79 Å². The molecule has 22 heavy (non-hydrogen) atoms. The van der Waals surface area contributed by atoms with E-state index in [0.29, 0.717) is 17.7 Å². The van der Waals surface area contributed by atoms with Gasteiger partial charge in [0.1, 0.15) is 0 Å². The number of aromatic nitrogens is 2. The third kappa shape index (κ3) is 2.54. The van der Waals surface area contributed by atoms with Gasteiger partial charge in [-0.15, -0.1) is 0 Å². The van der Waals surface area contributed by atoms with Gasteiger partial charge >= 0.3 is 0 Å². The molecular formula is C18H21N3O. The lowest BCUT2D eigenvalue weighted by atomic mass is 9.94. The van der Waals surface area contributed by atoms with Gasteiger partial charge in [-0.25, -0.2) is 0 Å². The molecule has 1 aliphatic carbocycles. The summed E-state index contributed by atoms with van der Waals surface area (Å²) in [4.78, 5) is 14.8. The highest BCUT2D eigenvalue weighted by Crippen LogP contribution is 2.48. The minimum atomic E-state index is 0.197. The molecule has 0 radical (unpaired) electrons. The van der Waals surface area contributed by atoms with E-state index in [2.05, 4.69) is 39.4 Å². The first kappa shape index (κ1) is 13.6. The topological polar surface area (TPSA) is 49.0 Å². The number of piperidine rings is 1. The van der Waals surface area contributed by atoms with Crippen LogP contribution in [0.1, 0.15) is 42.4 Å². The predicted octanol–water partition coefficient (Wildman–Crippen LogP) is 2.92. The van der Waals surface area contributed by atoms with Gasteiger partial charge in [0.2, 0.25) is 5.91 Å². The van der Waals surface area contributed by atoms with Crippen molar-refractivity contribution < 1.29 is 4.79 Å². The molecule has 3 atom stereocenters. The zero-order chi connectivity index (χ0) is 14.9. The summed E-state index contributed by atoms with van der Waals surface area (Å²) in [6.07, 6.45) is 5.02. The van der Waals surface area contributed by atoms with Gasteiger partial charge in [0.05, 0.1) is 0 Å². The van der Waals surface area contributed by atoms with Crippen LogP contribution in [0.3, 0.4) is 0 Å². The summed E-state index contributed by atoms with van der Waals surface area (Å²) in [5.41, 5.74) is 2.47. The van der Waals surface area contributed by atoms with E-state index in [0.717, 1.165) is 38.0 Å². The zero-order valence-electron chi connectivity index (χ0n) is 12.6. The summed E-state index contributed by atoms with van der Waals surface area (Å²) in [7, 11) is 0. The molecule has 4 rings (SSSR count). The Bertz CT molecular complexity index is 638. The highest BCUT2D eigenvalue weighted by atomic mass is 16.2. The monoisotopic (exact) mass is 295 g/mol. The largest absolute Gasteiger partial charge is 0.342 e. The van der Waals surface area contributed by atoms with Crippen molar-refractivity contribution in [2.24, 2.45) is 5.92 Å². The molecule has 1 aromatic heterocycles. The van der Waals surface area contributed by atoms with Gasteiger partial charge in [-0.3, -0.25) is 9.89 Å². The van der Waals surface area contributed by atoms with Crippen LogP contribution >= 0.6 is 0 Å². The standard InChI is InChI=1S/C18H21N3O/c22-18(16-11-15(16)13-5-2-1-3-6-13)21-10-4-7-14(12-21)17-8-9-19-20-17/h1-3,5-6,8-9,14-16H,4,7,10-12H2,(H,19,20). The normalized spacial score (nSPS) is 27.6. The number of H-pyrrole nitrogens is 1. The van der Waals surface area contributed by atoms with Crippen molar-refractivity contribution in [3.05, 3.63) is 53.9 Å². The van der Waals surface area contributed by atoms with Crippen LogP contribution in [0.15, 0.2) is 42.6 Å². The lowest BCUT2D eigenvalue weighted by Crippen LogP contribution is -2.40. The molecule has 2 aliphatic rings. The number of amides is 1. The lowest BCUT2D eigenvalue weighted by molar-refractivity contribution is -0.133. The number of hydrogen-bond donors (Lipinski definition) is 1. The average molecular weight is 295 g/mol. The second-order valence-electron chi connectivity index (χ2n) is 6.49. The van der Waals surface area contributed by atoms with Gasteiger partial charge in [0, 0.05) is 36.8 Å². The van der Waals surface area contributed by atoms with Crippen LogP contribution < -0.4 is 0 Å². The smallest absolute Gasteiger partial charge is 0.226 e. The number of carbonyl (C=O) groups is 1. The van der Waals surface area contributed by atoms with Gasteiger partial charge in [0.15, 0.2) is 0 Å². The average Bonchev–Trinajstić information content (AvgIpc) is 3.19. The second kappa shape index (κ2) is 5.59. The quantitative estimate of drug-likeness (QED) is 0.946. The van der Waals surface area contributed by atoms with Crippen molar-refractivity contribution in [2.45, 2.75) is 31.1 Å². The number of carbonyl (C=O) groups excluding carboxylic acids is 1. The summed E-state index contributed by atoms with van der Waals surface area (Å²) in [5, 5.41) is 7.10. The maximum atomic E-state index is 12.8. The molecule has 4 heteroatoms. The van der Waals surface area contributed by atoms with Crippen LogP contribution in [0.25, 0.3) is 0 Å². The Hall–Kier alpha value is -2.10. The van der Waals surface area contributed by atoms with Crippen molar-refractivity contribution in [3.63, 3.8) is 0 Å². The fourth-order valence-corrected chi connectivity index (χ4v) is 3.70. The second-order valence-corrected chi connectivity index (χ2v) is 6.49. The van der Waals surface area contributed by atoms with Gasteiger partial charge in [-0.2, -0.15) is 5.10 Å². The fourth-order valence-electron chi connectivity index (χ4n) is 3.70. The molecule has 2 fully saturated rings. The van der Waals surface area contributed by atoms with E-state index in [4.69, 9.17) is 0 Å². The van der Waals surface area contributed by atoms with Crippen molar-refractivity contribution in [1.29, 1.82) is 0 Å². The first-order valence-electron chi connectivity index (χ1n) is 8.16. The SMILES string of the molecule is O=C(C1CC1c1ccccc1)N1CCCC(c2ccn[nH]2)C1. The van der Waals surface area contributed by atoms with Crippen LogP contribution in [0.4, 0.5) is 0 Å². The minimum absolute atomic E-state index is 0.197. The summed E-state index contributed by atoms with van der Waals surface area (Å²) in [6.45, 7) is 1.74. The number of rotatable bonds is 3. The Balaban J connectivity index is 1.41. The molecule has 4 nitrogen and oxygen atoms in total. The first-order valence-corrected chi connectivity index (χ1v) is 8.16. The fraction of sp³-hybridized carbons (Fsp3) is 0.444. The lowest BCUT2D eigenvalue weighted by Gasteiger charge is -2.32. The molecule has 2 aromatic rings.